The van der Waals surface area contributed by atoms with Crippen molar-refractivity contribution in [1.29, 1.82) is 0 Å². The lowest BCUT2D eigenvalue weighted by molar-refractivity contribution is -0.0505. The number of hydrogen-bond donors (Lipinski definition) is 2. The third-order valence-corrected chi connectivity index (χ3v) is 3.69. The molecule has 142 valence electrons. The van der Waals surface area contributed by atoms with Gasteiger partial charge in [-0.3, -0.25) is 0 Å². The van der Waals surface area contributed by atoms with Gasteiger partial charge in [-0.2, -0.15) is 8.78 Å². The highest BCUT2D eigenvalue weighted by molar-refractivity contribution is 14.0. The lowest BCUT2D eigenvalue weighted by Crippen LogP contribution is -2.40. The largest absolute Gasteiger partial charge is 0.497 e. The standard InChI is InChI=1S/C16H23F2N3O3.HI/c1-3-19-16(21-7-6-12(22)10-21)20-9-11-4-5-13(23-2)8-14(11)24-15(17)18;/h4-5,8,12,15,22H,3,6-7,9-10H2,1-2H3,(H,19,20);1H/t12-;/m1./s1. The number of nitrogens with one attached hydrogen (secondary N) is 1. The molecule has 0 unspecified atom stereocenters. The summed E-state index contributed by atoms with van der Waals surface area (Å²) >= 11 is 0. The van der Waals surface area contributed by atoms with Crippen molar-refractivity contribution >= 4 is 29.9 Å². The zero-order valence-corrected chi connectivity index (χ0v) is 16.6. The summed E-state index contributed by atoms with van der Waals surface area (Å²) in [6.07, 6.45) is 0.319. The van der Waals surface area contributed by atoms with Crippen molar-refractivity contribution in [3.8, 4) is 11.5 Å². The summed E-state index contributed by atoms with van der Waals surface area (Å²) < 4.78 is 34.8. The molecule has 0 amide bonds. The number of alkyl halides is 2. The zero-order valence-electron chi connectivity index (χ0n) is 14.2. The van der Waals surface area contributed by atoms with E-state index in [1.807, 2.05) is 11.8 Å². The number of nitrogens with zero attached hydrogens (tertiary/aromatic N) is 2. The fraction of sp³-hybridized carbons (Fsp3) is 0.562. The number of halogens is 3. The van der Waals surface area contributed by atoms with Crippen molar-refractivity contribution < 1.29 is 23.4 Å². The van der Waals surface area contributed by atoms with Crippen LogP contribution in [0.4, 0.5) is 8.78 Å². The number of likely N-dealkylation sites (tertiary alicyclic amines) is 1. The molecule has 1 aromatic carbocycles. The van der Waals surface area contributed by atoms with Crippen molar-refractivity contribution in [3.63, 3.8) is 0 Å². The summed E-state index contributed by atoms with van der Waals surface area (Å²) in [6, 6.07) is 4.75. The molecule has 1 heterocycles. The number of aliphatic imine (C=N–C) groups is 1. The second-order valence-electron chi connectivity index (χ2n) is 5.41. The number of rotatable bonds is 6. The van der Waals surface area contributed by atoms with Gasteiger partial charge in [-0.1, -0.05) is 0 Å². The molecule has 1 aliphatic rings. The molecule has 0 aromatic heterocycles. The molecule has 1 aliphatic heterocycles. The van der Waals surface area contributed by atoms with Crippen LogP contribution in [0.1, 0.15) is 18.9 Å². The highest BCUT2D eigenvalue weighted by Gasteiger charge is 2.23. The van der Waals surface area contributed by atoms with Crippen LogP contribution in [0.25, 0.3) is 0 Å². The van der Waals surface area contributed by atoms with E-state index < -0.39 is 6.61 Å². The van der Waals surface area contributed by atoms with E-state index in [9.17, 15) is 13.9 Å². The third kappa shape index (κ3) is 6.46. The maximum absolute atomic E-state index is 12.6. The molecule has 1 atom stereocenters. The van der Waals surface area contributed by atoms with Gasteiger partial charge in [0.1, 0.15) is 11.5 Å². The van der Waals surface area contributed by atoms with Crippen LogP contribution in [0.2, 0.25) is 0 Å². The molecule has 6 nitrogen and oxygen atoms in total. The van der Waals surface area contributed by atoms with E-state index >= 15 is 0 Å². The normalized spacial score (nSPS) is 17.4. The molecular weight excluding hydrogens is 447 g/mol. The first kappa shape index (κ1) is 21.7. The van der Waals surface area contributed by atoms with E-state index in [0.717, 1.165) is 0 Å². The van der Waals surface area contributed by atoms with Gasteiger partial charge in [-0.05, 0) is 25.5 Å². The summed E-state index contributed by atoms with van der Waals surface area (Å²) in [4.78, 5) is 6.43. The third-order valence-electron chi connectivity index (χ3n) is 3.69. The average Bonchev–Trinajstić information content (AvgIpc) is 2.98. The quantitative estimate of drug-likeness (QED) is 0.379. The Morgan fingerprint density at radius 2 is 2.24 bits per heavy atom. The summed E-state index contributed by atoms with van der Waals surface area (Å²) in [5.74, 6) is 1.13. The lowest BCUT2D eigenvalue weighted by atomic mass is 10.2. The fourth-order valence-corrected chi connectivity index (χ4v) is 2.52. The first-order chi connectivity index (χ1) is 11.5. The SMILES string of the molecule is CCNC(=NCc1ccc(OC)cc1OC(F)F)N1CC[C@@H](O)C1.I. The maximum atomic E-state index is 12.6. The Labute approximate surface area is 163 Å². The van der Waals surface area contributed by atoms with Crippen molar-refractivity contribution in [2.24, 2.45) is 4.99 Å². The highest BCUT2D eigenvalue weighted by atomic mass is 127. The van der Waals surface area contributed by atoms with Crippen LogP contribution >= 0.6 is 24.0 Å². The van der Waals surface area contributed by atoms with Crippen LogP contribution in [-0.2, 0) is 6.54 Å². The Balaban J connectivity index is 0.00000312. The minimum atomic E-state index is -2.91. The summed E-state index contributed by atoms with van der Waals surface area (Å²) in [6.45, 7) is 1.10. The number of aliphatic hydroxyl groups excluding tert-OH is 1. The van der Waals surface area contributed by atoms with Gasteiger partial charge in [-0.25, -0.2) is 4.99 Å². The molecule has 1 saturated heterocycles. The predicted molar refractivity (Wildman–Crippen MR) is 102 cm³/mol. The Morgan fingerprint density at radius 3 is 2.80 bits per heavy atom. The topological polar surface area (TPSA) is 66.3 Å². The van der Waals surface area contributed by atoms with Gasteiger partial charge in [0.25, 0.3) is 0 Å². The molecule has 0 radical (unpaired) electrons. The molecule has 0 spiro atoms. The number of benzene rings is 1. The molecular formula is C16H24F2IN3O3. The smallest absolute Gasteiger partial charge is 0.387 e. The summed E-state index contributed by atoms with van der Waals surface area (Å²) in [5.41, 5.74) is 0.534. The Kier molecular flexibility index (Phi) is 9.19. The van der Waals surface area contributed by atoms with Crippen LogP contribution in [-0.4, -0.2) is 55.4 Å². The molecule has 0 bridgehead atoms. The van der Waals surface area contributed by atoms with Gasteiger partial charge >= 0.3 is 6.61 Å². The summed E-state index contributed by atoms with van der Waals surface area (Å²) in [5, 5.41) is 12.8. The van der Waals surface area contributed by atoms with Gasteiger partial charge in [0.05, 0.1) is 19.8 Å². The Morgan fingerprint density at radius 1 is 1.48 bits per heavy atom. The van der Waals surface area contributed by atoms with Crippen molar-refractivity contribution in [3.05, 3.63) is 23.8 Å². The molecule has 0 aliphatic carbocycles. The predicted octanol–water partition coefficient (Wildman–Crippen LogP) is 2.45. The highest BCUT2D eigenvalue weighted by Crippen LogP contribution is 2.27. The number of guanidine groups is 1. The Hall–Kier alpha value is -1.36. The monoisotopic (exact) mass is 471 g/mol. The minimum absolute atomic E-state index is 0. The Bertz CT molecular complexity index is 576. The van der Waals surface area contributed by atoms with E-state index in [2.05, 4.69) is 15.0 Å². The van der Waals surface area contributed by atoms with Gasteiger partial charge in [0, 0.05) is 31.3 Å². The molecule has 25 heavy (non-hydrogen) atoms. The average molecular weight is 471 g/mol. The molecule has 2 N–H and O–H groups in total. The molecule has 0 saturated carbocycles. The minimum Gasteiger partial charge on any atom is -0.497 e. The van der Waals surface area contributed by atoms with Gasteiger partial charge in [0.15, 0.2) is 5.96 Å². The lowest BCUT2D eigenvalue weighted by Gasteiger charge is -2.21. The van der Waals surface area contributed by atoms with Crippen LogP contribution in [0.3, 0.4) is 0 Å². The zero-order chi connectivity index (χ0) is 17.5. The van der Waals surface area contributed by atoms with E-state index in [1.54, 1.807) is 12.1 Å². The summed E-state index contributed by atoms with van der Waals surface area (Å²) in [7, 11) is 1.46. The first-order valence-corrected chi connectivity index (χ1v) is 7.86. The van der Waals surface area contributed by atoms with E-state index in [4.69, 9.17) is 4.74 Å². The van der Waals surface area contributed by atoms with Crippen molar-refractivity contribution in [1.82, 2.24) is 10.2 Å². The van der Waals surface area contributed by atoms with Crippen LogP contribution in [0, 0.1) is 0 Å². The number of aliphatic hydroxyl groups is 1. The van der Waals surface area contributed by atoms with E-state index in [0.29, 0.717) is 43.3 Å². The number of hydrogen-bond acceptors (Lipinski definition) is 4. The van der Waals surface area contributed by atoms with Crippen LogP contribution in [0.5, 0.6) is 11.5 Å². The number of ether oxygens (including phenoxy) is 2. The van der Waals surface area contributed by atoms with Crippen molar-refractivity contribution in [2.45, 2.75) is 32.6 Å². The second kappa shape index (κ2) is 10.6. The molecule has 1 fully saturated rings. The first-order valence-electron chi connectivity index (χ1n) is 7.86. The molecule has 2 rings (SSSR count). The van der Waals surface area contributed by atoms with Gasteiger partial charge < -0.3 is 24.8 Å². The second-order valence-corrected chi connectivity index (χ2v) is 5.41. The van der Waals surface area contributed by atoms with Crippen LogP contribution < -0.4 is 14.8 Å². The van der Waals surface area contributed by atoms with Gasteiger partial charge in [0.2, 0.25) is 0 Å². The van der Waals surface area contributed by atoms with Crippen molar-refractivity contribution in [2.75, 3.05) is 26.7 Å². The molecule has 9 heteroatoms. The number of β-amino-alcohol motifs (C(OH)–C–C–N with tert-alkyl or cyclic N) is 1. The van der Waals surface area contributed by atoms with E-state index in [-0.39, 0.29) is 42.4 Å². The van der Waals surface area contributed by atoms with E-state index in [1.165, 1.54) is 13.2 Å². The maximum Gasteiger partial charge on any atom is 0.387 e. The molecule has 1 aromatic rings. The van der Waals surface area contributed by atoms with Gasteiger partial charge in [-0.15, -0.1) is 24.0 Å². The van der Waals surface area contributed by atoms with Crippen LogP contribution in [0.15, 0.2) is 23.2 Å². The number of methoxy groups -OCH3 is 1. The fourth-order valence-electron chi connectivity index (χ4n) is 2.52.